The number of nitriles is 1. The van der Waals surface area contributed by atoms with Crippen molar-refractivity contribution in [1.82, 2.24) is 19.5 Å². The molecule has 0 aliphatic rings. The quantitative estimate of drug-likeness (QED) is 0.183. The number of para-hydroxylation sites is 2. The summed E-state index contributed by atoms with van der Waals surface area (Å²) in [5, 5.41) is 14.5. The lowest BCUT2D eigenvalue weighted by Gasteiger charge is -2.15. The molecule has 3 heterocycles. The molecular weight excluding hydrogens is 639 g/mol. The number of benzene rings is 7. The number of furan rings is 1. The molecule has 0 fully saturated rings. The summed E-state index contributed by atoms with van der Waals surface area (Å²) in [6.07, 6.45) is 0. The van der Waals surface area contributed by atoms with E-state index in [1.165, 1.54) is 0 Å². The van der Waals surface area contributed by atoms with Crippen molar-refractivity contribution in [2.24, 2.45) is 0 Å². The molecule has 0 unspecified atom stereocenters. The molecule has 0 spiro atoms. The number of hydrogen-bond donors (Lipinski definition) is 0. The van der Waals surface area contributed by atoms with E-state index < -0.39 is 0 Å². The van der Waals surface area contributed by atoms with Crippen LogP contribution >= 0.6 is 0 Å². The maximum Gasteiger partial charge on any atom is 0.166 e. The standard InChI is InChI=1S/C46H27N5O/c47-28-29-22-24-39(37(26-29)46-49-44(30-12-3-1-4-13-30)48-45(50-46)31-14-5-2-6-15-31)51-38-19-9-7-17-35(38)43-33(18-11-20-40(43)51)32-23-25-42-36(27-32)34-16-8-10-21-41(34)52-42/h1-27H. The minimum absolute atomic E-state index is 0.485. The lowest BCUT2D eigenvalue weighted by Crippen LogP contribution is -2.04. The molecule has 52 heavy (non-hydrogen) atoms. The molecule has 0 radical (unpaired) electrons. The van der Waals surface area contributed by atoms with Gasteiger partial charge in [0.25, 0.3) is 0 Å². The van der Waals surface area contributed by atoms with Crippen molar-refractivity contribution in [3.63, 3.8) is 0 Å². The third kappa shape index (κ3) is 4.76. The zero-order chi connectivity index (χ0) is 34.6. The van der Waals surface area contributed by atoms with E-state index in [1.807, 2.05) is 97.1 Å². The van der Waals surface area contributed by atoms with E-state index >= 15 is 0 Å². The van der Waals surface area contributed by atoms with E-state index in [2.05, 4.69) is 77.4 Å². The Morgan fingerprint density at radius 3 is 1.85 bits per heavy atom. The summed E-state index contributed by atoms with van der Waals surface area (Å²) in [6.45, 7) is 0. The summed E-state index contributed by atoms with van der Waals surface area (Å²) >= 11 is 0. The molecule has 242 valence electrons. The van der Waals surface area contributed by atoms with Crippen LogP contribution in [0.25, 0.3) is 94.7 Å². The Morgan fingerprint density at radius 1 is 0.462 bits per heavy atom. The third-order valence-electron chi connectivity index (χ3n) is 9.69. The molecule has 10 rings (SSSR count). The highest BCUT2D eigenvalue weighted by Gasteiger charge is 2.22. The highest BCUT2D eigenvalue weighted by Crippen LogP contribution is 2.42. The molecule has 3 aromatic heterocycles. The van der Waals surface area contributed by atoms with E-state index in [9.17, 15) is 5.26 Å². The zero-order valence-electron chi connectivity index (χ0n) is 27.7. The predicted molar refractivity (Wildman–Crippen MR) is 208 cm³/mol. The molecule has 10 aromatic rings. The van der Waals surface area contributed by atoms with Crippen LogP contribution in [-0.4, -0.2) is 19.5 Å². The first-order chi connectivity index (χ1) is 25.7. The molecule has 0 saturated heterocycles. The molecule has 0 aliphatic carbocycles. The van der Waals surface area contributed by atoms with E-state index in [0.717, 1.165) is 77.2 Å². The highest BCUT2D eigenvalue weighted by molar-refractivity contribution is 6.17. The summed E-state index contributed by atoms with van der Waals surface area (Å²) in [5.74, 6) is 1.60. The Balaban J connectivity index is 1.24. The van der Waals surface area contributed by atoms with Crippen LogP contribution < -0.4 is 0 Å². The van der Waals surface area contributed by atoms with Gasteiger partial charge in [0.05, 0.1) is 28.4 Å². The first-order valence-corrected chi connectivity index (χ1v) is 17.1. The number of fused-ring (bicyclic) bond motifs is 6. The van der Waals surface area contributed by atoms with Gasteiger partial charge in [-0.1, -0.05) is 115 Å². The van der Waals surface area contributed by atoms with Gasteiger partial charge in [0.1, 0.15) is 11.2 Å². The lowest BCUT2D eigenvalue weighted by atomic mass is 9.98. The fourth-order valence-electron chi connectivity index (χ4n) is 7.32. The maximum atomic E-state index is 10.1. The van der Waals surface area contributed by atoms with Gasteiger partial charge in [-0.05, 0) is 59.7 Å². The maximum absolute atomic E-state index is 10.1. The fraction of sp³-hybridized carbons (Fsp3) is 0. The minimum Gasteiger partial charge on any atom is -0.456 e. The molecule has 7 aromatic carbocycles. The Morgan fingerprint density at radius 2 is 1.10 bits per heavy atom. The second kappa shape index (κ2) is 11.9. The van der Waals surface area contributed by atoms with Gasteiger partial charge in [-0.15, -0.1) is 0 Å². The molecule has 0 N–H and O–H groups in total. The Hall–Kier alpha value is -7.36. The second-order valence-electron chi connectivity index (χ2n) is 12.7. The van der Waals surface area contributed by atoms with Crippen LogP contribution in [0.3, 0.4) is 0 Å². The van der Waals surface area contributed by atoms with Gasteiger partial charge in [-0.25, -0.2) is 15.0 Å². The first kappa shape index (κ1) is 29.5. The van der Waals surface area contributed by atoms with Crippen molar-refractivity contribution < 1.29 is 4.42 Å². The number of aromatic nitrogens is 4. The largest absolute Gasteiger partial charge is 0.456 e. The number of hydrogen-bond acceptors (Lipinski definition) is 5. The van der Waals surface area contributed by atoms with Gasteiger partial charge in [0.15, 0.2) is 17.5 Å². The van der Waals surface area contributed by atoms with Gasteiger partial charge in [0.2, 0.25) is 0 Å². The lowest BCUT2D eigenvalue weighted by molar-refractivity contribution is 0.669. The van der Waals surface area contributed by atoms with E-state index in [4.69, 9.17) is 19.4 Å². The van der Waals surface area contributed by atoms with Gasteiger partial charge < -0.3 is 8.98 Å². The van der Waals surface area contributed by atoms with Crippen LogP contribution in [0.15, 0.2) is 168 Å². The van der Waals surface area contributed by atoms with Crippen LogP contribution in [0, 0.1) is 11.3 Å². The number of nitrogens with zero attached hydrogens (tertiary/aromatic N) is 5. The van der Waals surface area contributed by atoms with E-state index in [1.54, 1.807) is 0 Å². The van der Waals surface area contributed by atoms with Gasteiger partial charge in [0, 0.05) is 38.2 Å². The van der Waals surface area contributed by atoms with Gasteiger partial charge >= 0.3 is 0 Å². The molecule has 0 atom stereocenters. The first-order valence-electron chi connectivity index (χ1n) is 17.1. The second-order valence-corrected chi connectivity index (χ2v) is 12.7. The third-order valence-corrected chi connectivity index (χ3v) is 9.69. The molecule has 0 aliphatic heterocycles. The van der Waals surface area contributed by atoms with Crippen LogP contribution in [-0.2, 0) is 0 Å². The molecule has 0 saturated carbocycles. The molecular formula is C46H27N5O. The topological polar surface area (TPSA) is 80.5 Å². The summed E-state index contributed by atoms with van der Waals surface area (Å²) in [5.41, 5.74) is 9.90. The fourth-order valence-corrected chi connectivity index (χ4v) is 7.32. The Bertz CT molecular complexity index is 2970. The smallest absolute Gasteiger partial charge is 0.166 e. The molecule has 6 heteroatoms. The SMILES string of the molecule is N#Cc1ccc(-n2c3ccccc3c3c(-c4ccc5oc6ccccc6c5c4)cccc32)c(-c2nc(-c3ccccc3)nc(-c3ccccc3)n2)c1. The summed E-state index contributed by atoms with van der Waals surface area (Å²) < 4.78 is 8.44. The van der Waals surface area contributed by atoms with Crippen LogP contribution in [0.1, 0.15) is 5.56 Å². The molecule has 6 nitrogen and oxygen atoms in total. The van der Waals surface area contributed by atoms with Crippen molar-refractivity contribution in [2.75, 3.05) is 0 Å². The van der Waals surface area contributed by atoms with Crippen molar-refractivity contribution in [3.8, 4) is 57.0 Å². The van der Waals surface area contributed by atoms with E-state index in [-0.39, 0.29) is 0 Å². The number of rotatable bonds is 5. The average Bonchev–Trinajstić information content (AvgIpc) is 3.76. The van der Waals surface area contributed by atoms with Crippen LogP contribution in [0.5, 0.6) is 0 Å². The molecule has 0 amide bonds. The van der Waals surface area contributed by atoms with Gasteiger partial charge in [-0.2, -0.15) is 5.26 Å². The summed E-state index contributed by atoms with van der Waals surface area (Å²) in [7, 11) is 0. The van der Waals surface area contributed by atoms with Gasteiger partial charge in [-0.3, -0.25) is 0 Å². The van der Waals surface area contributed by atoms with Crippen molar-refractivity contribution in [1.29, 1.82) is 5.26 Å². The molecule has 0 bridgehead atoms. The van der Waals surface area contributed by atoms with E-state index in [0.29, 0.717) is 23.0 Å². The Kier molecular flexibility index (Phi) is 6.76. The Labute approximate surface area is 298 Å². The zero-order valence-corrected chi connectivity index (χ0v) is 27.7. The van der Waals surface area contributed by atoms with Crippen molar-refractivity contribution >= 4 is 43.7 Å². The minimum atomic E-state index is 0.485. The highest BCUT2D eigenvalue weighted by atomic mass is 16.3. The predicted octanol–water partition coefficient (Wildman–Crippen LogP) is 11.4. The summed E-state index contributed by atoms with van der Waals surface area (Å²) in [6, 6.07) is 57.5. The van der Waals surface area contributed by atoms with Crippen LogP contribution in [0.4, 0.5) is 0 Å². The van der Waals surface area contributed by atoms with Crippen molar-refractivity contribution in [2.45, 2.75) is 0 Å². The monoisotopic (exact) mass is 665 g/mol. The van der Waals surface area contributed by atoms with Crippen molar-refractivity contribution in [3.05, 3.63) is 169 Å². The average molecular weight is 666 g/mol. The van der Waals surface area contributed by atoms with Crippen LogP contribution in [0.2, 0.25) is 0 Å². The summed E-state index contributed by atoms with van der Waals surface area (Å²) in [4.78, 5) is 15.0. The normalized spacial score (nSPS) is 11.4.